The smallest absolute Gasteiger partial charge is 0.129 e. The van der Waals surface area contributed by atoms with Gasteiger partial charge in [-0.1, -0.05) is 29.8 Å². The third-order valence-corrected chi connectivity index (χ3v) is 3.36. The quantitative estimate of drug-likeness (QED) is 0.915. The predicted octanol–water partition coefficient (Wildman–Crippen LogP) is 4.20. The van der Waals surface area contributed by atoms with Gasteiger partial charge in [-0.15, -0.1) is 0 Å². The Bertz CT molecular complexity index is 649. The molecule has 0 aliphatic carbocycles. The molecule has 0 aromatic heterocycles. The van der Waals surface area contributed by atoms with Crippen molar-refractivity contribution in [2.75, 3.05) is 0 Å². The summed E-state index contributed by atoms with van der Waals surface area (Å²) in [4.78, 5) is 0. The summed E-state index contributed by atoms with van der Waals surface area (Å²) in [7, 11) is 0. The van der Waals surface area contributed by atoms with Crippen LogP contribution in [-0.2, 0) is 6.54 Å². The first-order chi connectivity index (χ1) is 9.60. The van der Waals surface area contributed by atoms with Crippen LogP contribution in [0.3, 0.4) is 0 Å². The lowest BCUT2D eigenvalue weighted by molar-refractivity contribution is 0.544. The molecule has 0 fully saturated rings. The van der Waals surface area contributed by atoms with Gasteiger partial charge in [-0.05, 0) is 36.8 Å². The highest BCUT2D eigenvalue weighted by Gasteiger charge is 2.08. The van der Waals surface area contributed by atoms with Crippen LogP contribution in [0.25, 0.3) is 0 Å². The second kappa shape index (κ2) is 6.51. The molecular formula is C16H14ClFN2. The molecule has 20 heavy (non-hydrogen) atoms. The van der Waals surface area contributed by atoms with Crippen LogP contribution in [0.1, 0.15) is 29.7 Å². The average Bonchev–Trinajstić information content (AvgIpc) is 2.45. The minimum absolute atomic E-state index is 0.0590. The van der Waals surface area contributed by atoms with Gasteiger partial charge in [0.1, 0.15) is 5.82 Å². The molecule has 0 amide bonds. The molecule has 0 radical (unpaired) electrons. The van der Waals surface area contributed by atoms with Crippen molar-refractivity contribution in [3.63, 3.8) is 0 Å². The van der Waals surface area contributed by atoms with Crippen molar-refractivity contribution < 1.29 is 4.39 Å². The van der Waals surface area contributed by atoms with Crippen molar-refractivity contribution in [3.05, 3.63) is 70.0 Å². The van der Waals surface area contributed by atoms with Gasteiger partial charge < -0.3 is 5.32 Å². The molecule has 2 rings (SSSR count). The number of nitrogens with zero attached hydrogens (tertiary/aromatic N) is 1. The average molecular weight is 289 g/mol. The molecule has 1 unspecified atom stereocenters. The normalized spacial score (nSPS) is 11.9. The first-order valence-electron chi connectivity index (χ1n) is 6.27. The molecule has 2 nitrogen and oxygen atoms in total. The van der Waals surface area contributed by atoms with E-state index in [9.17, 15) is 4.39 Å². The standard InChI is InChI=1S/C16H14ClFN2/c1-11(13-3-2-4-15(17)8-13)20-10-14-6-5-12(9-19)7-16(14)18/h2-8,11,20H,10H2,1H3. The van der Waals surface area contributed by atoms with E-state index in [-0.39, 0.29) is 11.9 Å². The van der Waals surface area contributed by atoms with Gasteiger partial charge in [0, 0.05) is 23.2 Å². The van der Waals surface area contributed by atoms with Crippen LogP contribution in [0.15, 0.2) is 42.5 Å². The first kappa shape index (κ1) is 14.5. The summed E-state index contributed by atoms with van der Waals surface area (Å²) >= 11 is 5.95. The zero-order chi connectivity index (χ0) is 14.5. The Labute approximate surface area is 122 Å². The summed E-state index contributed by atoms with van der Waals surface area (Å²) in [5.74, 6) is -0.366. The van der Waals surface area contributed by atoms with Crippen molar-refractivity contribution in [3.8, 4) is 6.07 Å². The van der Waals surface area contributed by atoms with Crippen molar-refractivity contribution in [1.29, 1.82) is 5.26 Å². The van der Waals surface area contributed by atoms with Crippen LogP contribution in [0.2, 0.25) is 5.02 Å². The van der Waals surface area contributed by atoms with Crippen molar-refractivity contribution in [2.24, 2.45) is 0 Å². The van der Waals surface area contributed by atoms with E-state index in [0.29, 0.717) is 22.7 Å². The van der Waals surface area contributed by atoms with Gasteiger partial charge in [-0.3, -0.25) is 0 Å². The summed E-state index contributed by atoms with van der Waals surface area (Å²) in [6.07, 6.45) is 0. The van der Waals surface area contributed by atoms with Crippen LogP contribution >= 0.6 is 11.6 Å². The molecule has 1 atom stereocenters. The molecular weight excluding hydrogens is 275 g/mol. The van der Waals surface area contributed by atoms with Crippen molar-refractivity contribution >= 4 is 11.6 Å². The van der Waals surface area contributed by atoms with E-state index in [1.54, 1.807) is 12.1 Å². The van der Waals surface area contributed by atoms with Crippen LogP contribution in [-0.4, -0.2) is 0 Å². The minimum atomic E-state index is -0.366. The highest BCUT2D eigenvalue weighted by Crippen LogP contribution is 2.18. The Morgan fingerprint density at radius 2 is 2.10 bits per heavy atom. The maximum Gasteiger partial charge on any atom is 0.129 e. The highest BCUT2D eigenvalue weighted by molar-refractivity contribution is 6.30. The number of halogens is 2. The number of rotatable bonds is 4. The van der Waals surface area contributed by atoms with E-state index in [4.69, 9.17) is 16.9 Å². The van der Waals surface area contributed by atoms with Gasteiger partial charge in [0.15, 0.2) is 0 Å². The molecule has 102 valence electrons. The van der Waals surface area contributed by atoms with Gasteiger partial charge in [0.25, 0.3) is 0 Å². The number of hydrogen-bond acceptors (Lipinski definition) is 2. The van der Waals surface area contributed by atoms with E-state index in [2.05, 4.69) is 5.32 Å². The Hall–Kier alpha value is -1.89. The fourth-order valence-corrected chi connectivity index (χ4v) is 2.12. The van der Waals surface area contributed by atoms with Crippen LogP contribution in [0.5, 0.6) is 0 Å². The largest absolute Gasteiger partial charge is 0.306 e. The molecule has 0 aliphatic heterocycles. The lowest BCUT2D eigenvalue weighted by atomic mass is 10.1. The van der Waals surface area contributed by atoms with E-state index < -0.39 is 0 Å². The van der Waals surface area contributed by atoms with E-state index >= 15 is 0 Å². The highest BCUT2D eigenvalue weighted by atomic mass is 35.5. The number of benzene rings is 2. The molecule has 1 N–H and O–H groups in total. The van der Waals surface area contributed by atoms with Gasteiger partial charge in [0.05, 0.1) is 11.6 Å². The van der Waals surface area contributed by atoms with Gasteiger partial charge in [0.2, 0.25) is 0 Å². The molecule has 2 aromatic carbocycles. The molecule has 2 aromatic rings. The Morgan fingerprint density at radius 1 is 1.30 bits per heavy atom. The van der Waals surface area contributed by atoms with Gasteiger partial charge in [-0.25, -0.2) is 4.39 Å². The molecule has 0 saturated heterocycles. The molecule has 0 heterocycles. The molecule has 0 saturated carbocycles. The van der Waals surface area contributed by atoms with E-state index in [1.165, 1.54) is 6.07 Å². The summed E-state index contributed by atoms with van der Waals surface area (Å²) in [5.41, 5.74) is 1.92. The fraction of sp³-hybridized carbons (Fsp3) is 0.188. The molecule has 0 bridgehead atoms. The fourth-order valence-electron chi connectivity index (χ4n) is 1.92. The zero-order valence-corrected chi connectivity index (χ0v) is 11.8. The third kappa shape index (κ3) is 3.57. The second-order valence-electron chi connectivity index (χ2n) is 4.58. The maximum atomic E-state index is 13.7. The Balaban J connectivity index is 2.04. The van der Waals surface area contributed by atoms with Gasteiger partial charge in [-0.2, -0.15) is 5.26 Å². The van der Waals surface area contributed by atoms with Crippen LogP contribution in [0, 0.1) is 17.1 Å². The summed E-state index contributed by atoms with van der Waals surface area (Å²) in [6.45, 7) is 2.39. The summed E-state index contributed by atoms with van der Waals surface area (Å²) in [6, 6.07) is 14.0. The van der Waals surface area contributed by atoms with Gasteiger partial charge >= 0.3 is 0 Å². The molecule has 4 heteroatoms. The number of nitriles is 1. The topological polar surface area (TPSA) is 35.8 Å². The minimum Gasteiger partial charge on any atom is -0.306 e. The van der Waals surface area contributed by atoms with Crippen LogP contribution < -0.4 is 5.32 Å². The SMILES string of the molecule is CC(NCc1ccc(C#N)cc1F)c1cccc(Cl)c1. The van der Waals surface area contributed by atoms with E-state index in [1.807, 2.05) is 37.3 Å². The molecule has 0 spiro atoms. The summed E-state index contributed by atoms with van der Waals surface area (Å²) < 4.78 is 13.7. The zero-order valence-electron chi connectivity index (χ0n) is 11.0. The molecule has 0 aliphatic rings. The number of nitrogens with one attached hydrogen (secondary N) is 1. The lowest BCUT2D eigenvalue weighted by Gasteiger charge is -2.15. The first-order valence-corrected chi connectivity index (χ1v) is 6.65. The van der Waals surface area contributed by atoms with E-state index in [0.717, 1.165) is 5.56 Å². The van der Waals surface area contributed by atoms with Crippen molar-refractivity contribution in [2.45, 2.75) is 19.5 Å². The maximum absolute atomic E-state index is 13.7. The Morgan fingerprint density at radius 3 is 2.75 bits per heavy atom. The monoisotopic (exact) mass is 288 g/mol. The van der Waals surface area contributed by atoms with Crippen molar-refractivity contribution in [1.82, 2.24) is 5.32 Å². The predicted molar refractivity (Wildman–Crippen MR) is 77.8 cm³/mol. The Kier molecular flexibility index (Phi) is 4.73. The lowest BCUT2D eigenvalue weighted by Crippen LogP contribution is -2.18. The number of hydrogen-bond donors (Lipinski definition) is 1. The van der Waals surface area contributed by atoms with Crippen LogP contribution in [0.4, 0.5) is 4.39 Å². The third-order valence-electron chi connectivity index (χ3n) is 3.13. The second-order valence-corrected chi connectivity index (χ2v) is 5.01. The summed E-state index contributed by atoms with van der Waals surface area (Å²) in [5, 5.41) is 12.6.